The number of aryl methyl sites for hydroxylation is 2. The molecular formula is C33H30FN3S2. The maximum Gasteiger partial charge on any atom is 0.123 e. The van der Waals surface area contributed by atoms with Crippen LogP contribution in [0.2, 0.25) is 0 Å². The molecule has 1 unspecified atom stereocenters. The number of hydrogen-bond acceptors (Lipinski definition) is 3. The number of rotatable bonds is 9. The standard InChI is InChI=1S/C33H30FN3S2/c1-21-7-6-10-28-33(21)32(20-37-28)39-30-12-5-3-9-25(30)23(18-35)14-13-22-8-2-4-11-29(22)38-31-19-36-27-16-15-24(34)17-26(27)31/h2-12,15-17,19-20,23,36-37H,13-14,18,35H2,1H3. The number of benzene rings is 4. The van der Waals surface area contributed by atoms with Crippen molar-refractivity contribution < 1.29 is 4.39 Å². The fourth-order valence-corrected chi connectivity index (χ4v) is 7.56. The van der Waals surface area contributed by atoms with Gasteiger partial charge in [0.1, 0.15) is 5.82 Å². The van der Waals surface area contributed by atoms with Gasteiger partial charge in [0.25, 0.3) is 0 Å². The summed E-state index contributed by atoms with van der Waals surface area (Å²) in [5, 5.41) is 2.19. The quantitative estimate of drug-likeness (QED) is 0.168. The van der Waals surface area contributed by atoms with Crippen LogP contribution in [0.1, 0.15) is 29.0 Å². The van der Waals surface area contributed by atoms with Crippen molar-refractivity contribution in [2.24, 2.45) is 5.73 Å². The number of nitrogens with two attached hydrogens (primary N) is 1. The van der Waals surface area contributed by atoms with E-state index < -0.39 is 0 Å². The molecule has 1 atom stereocenters. The smallest absolute Gasteiger partial charge is 0.123 e. The van der Waals surface area contributed by atoms with Gasteiger partial charge in [0.05, 0.1) is 0 Å². The van der Waals surface area contributed by atoms with Crippen LogP contribution in [0.15, 0.2) is 117 Å². The van der Waals surface area contributed by atoms with Crippen molar-refractivity contribution in [3.63, 3.8) is 0 Å². The van der Waals surface area contributed by atoms with Crippen LogP contribution in [0.5, 0.6) is 0 Å². The Morgan fingerprint density at radius 3 is 2.38 bits per heavy atom. The van der Waals surface area contributed by atoms with E-state index in [9.17, 15) is 4.39 Å². The minimum Gasteiger partial charge on any atom is -0.360 e. The van der Waals surface area contributed by atoms with E-state index in [0.717, 1.165) is 34.2 Å². The topological polar surface area (TPSA) is 57.6 Å². The van der Waals surface area contributed by atoms with Gasteiger partial charge in [-0.2, -0.15) is 0 Å². The Morgan fingerprint density at radius 1 is 0.769 bits per heavy atom. The van der Waals surface area contributed by atoms with Gasteiger partial charge in [-0.15, -0.1) is 0 Å². The molecule has 0 bridgehead atoms. The van der Waals surface area contributed by atoms with E-state index in [1.807, 2.05) is 18.0 Å². The summed E-state index contributed by atoms with van der Waals surface area (Å²) < 4.78 is 13.9. The van der Waals surface area contributed by atoms with Crippen molar-refractivity contribution >= 4 is 45.3 Å². The van der Waals surface area contributed by atoms with Gasteiger partial charge in [0, 0.05) is 53.8 Å². The molecule has 2 heterocycles. The molecule has 39 heavy (non-hydrogen) atoms. The van der Waals surface area contributed by atoms with Gasteiger partial charge < -0.3 is 15.7 Å². The van der Waals surface area contributed by atoms with Gasteiger partial charge in [0.15, 0.2) is 0 Å². The maximum atomic E-state index is 13.9. The molecule has 0 amide bonds. The molecule has 6 aromatic rings. The van der Waals surface area contributed by atoms with Crippen LogP contribution >= 0.6 is 23.5 Å². The van der Waals surface area contributed by atoms with Gasteiger partial charge in [-0.25, -0.2) is 4.39 Å². The zero-order valence-corrected chi connectivity index (χ0v) is 23.3. The lowest BCUT2D eigenvalue weighted by atomic mass is 9.92. The largest absolute Gasteiger partial charge is 0.360 e. The predicted molar refractivity (Wildman–Crippen MR) is 163 cm³/mol. The first kappa shape index (κ1) is 25.8. The minimum atomic E-state index is -0.220. The van der Waals surface area contributed by atoms with Crippen LogP contribution in [-0.4, -0.2) is 16.5 Å². The lowest BCUT2D eigenvalue weighted by Crippen LogP contribution is -2.14. The van der Waals surface area contributed by atoms with Crippen molar-refractivity contribution in [1.82, 2.24) is 9.97 Å². The van der Waals surface area contributed by atoms with E-state index in [0.29, 0.717) is 6.54 Å². The molecule has 0 aliphatic carbocycles. The van der Waals surface area contributed by atoms with Crippen molar-refractivity contribution in [1.29, 1.82) is 0 Å². The van der Waals surface area contributed by atoms with E-state index in [1.165, 1.54) is 42.8 Å². The van der Waals surface area contributed by atoms with E-state index in [4.69, 9.17) is 5.73 Å². The Bertz CT molecular complexity index is 1750. The molecule has 0 radical (unpaired) electrons. The Hall–Kier alpha value is -3.45. The van der Waals surface area contributed by atoms with Crippen LogP contribution in [0.4, 0.5) is 4.39 Å². The molecule has 2 aromatic heterocycles. The fraction of sp³-hybridized carbons (Fsp3) is 0.152. The first-order valence-corrected chi connectivity index (χ1v) is 14.8. The van der Waals surface area contributed by atoms with E-state index >= 15 is 0 Å². The Labute approximate surface area is 236 Å². The molecule has 0 aliphatic rings. The molecular weight excluding hydrogens is 522 g/mol. The number of hydrogen-bond donors (Lipinski definition) is 3. The van der Waals surface area contributed by atoms with Crippen molar-refractivity contribution in [3.8, 4) is 0 Å². The molecule has 0 saturated heterocycles. The van der Waals surface area contributed by atoms with Gasteiger partial charge in [-0.3, -0.25) is 0 Å². The van der Waals surface area contributed by atoms with Crippen molar-refractivity contribution in [2.75, 3.05) is 6.54 Å². The van der Waals surface area contributed by atoms with Crippen molar-refractivity contribution in [3.05, 3.63) is 120 Å². The Morgan fingerprint density at radius 2 is 1.51 bits per heavy atom. The summed E-state index contributed by atoms with van der Waals surface area (Å²) in [5.74, 6) is 0.0163. The molecule has 6 rings (SSSR count). The average molecular weight is 552 g/mol. The summed E-state index contributed by atoms with van der Waals surface area (Å²) in [6.07, 6.45) is 5.93. The lowest BCUT2D eigenvalue weighted by Gasteiger charge is -2.19. The lowest BCUT2D eigenvalue weighted by molar-refractivity contribution is 0.621. The second-order valence-corrected chi connectivity index (χ2v) is 12.0. The third kappa shape index (κ3) is 5.37. The number of H-pyrrole nitrogens is 2. The summed E-state index contributed by atoms with van der Waals surface area (Å²) in [4.78, 5) is 11.4. The van der Waals surface area contributed by atoms with Crippen LogP contribution in [0.3, 0.4) is 0 Å². The zero-order chi connectivity index (χ0) is 26.8. The highest BCUT2D eigenvalue weighted by molar-refractivity contribution is 8.00. The highest BCUT2D eigenvalue weighted by Crippen LogP contribution is 2.40. The van der Waals surface area contributed by atoms with Gasteiger partial charge in [-0.05, 0) is 85.3 Å². The monoisotopic (exact) mass is 551 g/mol. The normalized spacial score (nSPS) is 12.4. The Kier molecular flexibility index (Phi) is 7.51. The van der Waals surface area contributed by atoms with E-state index in [1.54, 1.807) is 23.9 Å². The van der Waals surface area contributed by atoms with Crippen LogP contribution in [0, 0.1) is 12.7 Å². The summed E-state index contributed by atoms with van der Waals surface area (Å²) >= 11 is 3.50. The zero-order valence-electron chi connectivity index (χ0n) is 21.7. The molecule has 196 valence electrons. The highest BCUT2D eigenvalue weighted by Gasteiger charge is 2.18. The van der Waals surface area contributed by atoms with Gasteiger partial charge in [0.2, 0.25) is 0 Å². The van der Waals surface area contributed by atoms with Gasteiger partial charge >= 0.3 is 0 Å². The van der Waals surface area contributed by atoms with Gasteiger partial charge in [-0.1, -0.05) is 72.1 Å². The number of nitrogens with one attached hydrogen (secondary N) is 2. The first-order chi connectivity index (χ1) is 19.1. The number of aromatic nitrogens is 2. The number of aromatic amines is 2. The third-order valence-corrected chi connectivity index (χ3v) is 9.61. The highest BCUT2D eigenvalue weighted by atomic mass is 32.2. The fourth-order valence-electron chi connectivity index (χ4n) is 5.25. The SMILES string of the molecule is Cc1cccc2[nH]cc(Sc3ccccc3C(CN)CCc3ccccc3Sc3c[nH]c4ccc(F)cc34)c12. The third-order valence-electron chi connectivity index (χ3n) is 7.30. The van der Waals surface area contributed by atoms with E-state index in [-0.39, 0.29) is 11.7 Å². The predicted octanol–water partition coefficient (Wildman–Crippen LogP) is 9.07. The second kappa shape index (κ2) is 11.3. The maximum absolute atomic E-state index is 13.9. The van der Waals surface area contributed by atoms with Crippen LogP contribution < -0.4 is 5.73 Å². The number of fused-ring (bicyclic) bond motifs is 2. The molecule has 4 aromatic carbocycles. The van der Waals surface area contributed by atoms with E-state index in [2.05, 4.69) is 89.8 Å². The molecule has 0 aliphatic heterocycles. The number of halogens is 1. The summed E-state index contributed by atoms with van der Waals surface area (Å²) in [5.41, 5.74) is 12.3. The van der Waals surface area contributed by atoms with Crippen LogP contribution in [-0.2, 0) is 6.42 Å². The summed E-state index contributed by atoms with van der Waals surface area (Å²) in [6, 6.07) is 28.4. The average Bonchev–Trinajstić information content (AvgIpc) is 3.55. The molecule has 0 saturated carbocycles. The minimum absolute atomic E-state index is 0.220. The van der Waals surface area contributed by atoms with Crippen LogP contribution in [0.25, 0.3) is 21.8 Å². The summed E-state index contributed by atoms with van der Waals surface area (Å²) in [6.45, 7) is 2.75. The molecule has 0 fully saturated rings. The first-order valence-electron chi connectivity index (χ1n) is 13.2. The Balaban J connectivity index is 1.23. The second-order valence-electron chi connectivity index (χ2n) is 9.81. The molecule has 0 spiro atoms. The van der Waals surface area contributed by atoms with Crippen molar-refractivity contribution in [2.45, 2.75) is 45.3 Å². The summed E-state index contributed by atoms with van der Waals surface area (Å²) in [7, 11) is 0. The molecule has 6 heteroatoms. The molecule has 4 N–H and O–H groups in total. The molecule has 3 nitrogen and oxygen atoms in total.